The van der Waals surface area contributed by atoms with Crippen molar-refractivity contribution < 1.29 is 0 Å². The van der Waals surface area contributed by atoms with E-state index in [0.29, 0.717) is 5.31 Å². The van der Waals surface area contributed by atoms with Crippen LogP contribution in [0.5, 0.6) is 0 Å². The second-order valence-electron chi connectivity index (χ2n) is 3.09. The van der Waals surface area contributed by atoms with Gasteiger partial charge >= 0.3 is 0 Å². The lowest BCUT2D eigenvalue weighted by atomic mass is 9.53. The van der Waals surface area contributed by atoms with Gasteiger partial charge in [-0.15, -0.1) is 6.58 Å². The molecule has 0 aromatic heterocycles. The predicted molar refractivity (Wildman–Crippen MR) is 53.9 cm³/mol. The van der Waals surface area contributed by atoms with Crippen molar-refractivity contribution >= 4 is 7.28 Å². The molecule has 0 spiro atoms. The van der Waals surface area contributed by atoms with Crippen LogP contribution < -0.4 is 0 Å². The van der Waals surface area contributed by atoms with Gasteiger partial charge in [0.15, 0.2) is 0 Å². The number of hydrogen-bond acceptors (Lipinski definition) is 0. The molecule has 0 aliphatic heterocycles. The minimum atomic E-state index is 0. The zero-order valence-electron chi connectivity index (χ0n) is 6.07. The lowest BCUT2D eigenvalue weighted by Gasteiger charge is -2.14. The summed E-state index contributed by atoms with van der Waals surface area (Å²) >= 11 is 0. The Kier molecular flexibility index (Phi) is 11.4. The Morgan fingerprint density at radius 2 is 1.70 bits per heavy atom. The summed E-state index contributed by atoms with van der Waals surface area (Å²) in [6, 6.07) is 0. The van der Waals surface area contributed by atoms with Crippen LogP contribution in [0.25, 0.3) is 0 Å². The Morgan fingerprint density at radius 1 is 1.30 bits per heavy atom. The maximum atomic E-state index is 3.63. The van der Waals surface area contributed by atoms with E-state index in [9.17, 15) is 0 Å². The molecule has 0 aliphatic rings. The molecule has 0 saturated heterocycles. The van der Waals surface area contributed by atoms with E-state index in [-0.39, 0.29) is 14.9 Å². The minimum absolute atomic E-state index is 0. The van der Waals surface area contributed by atoms with Crippen LogP contribution in [0.3, 0.4) is 0 Å². The van der Waals surface area contributed by atoms with E-state index in [2.05, 4.69) is 34.6 Å². The maximum absolute atomic E-state index is 3.63. The van der Waals surface area contributed by atoms with Gasteiger partial charge in [-0.05, 0) is 0 Å². The zero-order valence-corrected chi connectivity index (χ0v) is 6.07. The quantitative estimate of drug-likeness (QED) is 0.405. The second kappa shape index (κ2) is 6.92. The third kappa shape index (κ3) is 15.7. The van der Waals surface area contributed by atoms with Crippen LogP contribution in [-0.2, 0) is 0 Å². The standard InChI is InChI=1S/C7H14B.2CH4/c1-5-6-8-7(2,3)4;;/h5H,1,6H2,2-4H3;2*1H4. The molecule has 1 heteroatoms. The Hall–Kier alpha value is -0.195. The topological polar surface area (TPSA) is 0 Å². The largest absolute Gasteiger partial charge is 0.121 e. The van der Waals surface area contributed by atoms with Crippen molar-refractivity contribution in [3.63, 3.8) is 0 Å². The number of hydrogen-bond donors (Lipinski definition) is 0. The van der Waals surface area contributed by atoms with Gasteiger partial charge in [0.1, 0.15) is 7.28 Å². The smallest absolute Gasteiger partial charge is 0.104 e. The summed E-state index contributed by atoms with van der Waals surface area (Å²) < 4.78 is 0. The average Bonchev–Trinajstić information content (AvgIpc) is 1.59. The summed E-state index contributed by atoms with van der Waals surface area (Å²) in [5.74, 6) is 0. The van der Waals surface area contributed by atoms with Crippen LogP contribution in [0.2, 0.25) is 11.6 Å². The monoisotopic (exact) mass is 141 g/mol. The first-order valence-corrected chi connectivity index (χ1v) is 3.01. The molecule has 0 aliphatic carbocycles. The SMILES string of the molecule is C.C.C=CC[B]C(C)(C)C. The van der Waals surface area contributed by atoms with Gasteiger partial charge in [0.05, 0.1) is 0 Å². The van der Waals surface area contributed by atoms with Crippen LogP contribution in [0.4, 0.5) is 0 Å². The predicted octanol–water partition coefficient (Wildman–Crippen LogP) is 3.79. The number of rotatable bonds is 2. The van der Waals surface area contributed by atoms with E-state index in [1.807, 2.05) is 6.08 Å². The van der Waals surface area contributed by atoms with Gasteiger partial charge in [0, 0.05) is 0 Å². The van der Waals surface area contributed by atoms with Gasteiger partial charge < -0.3 is 0 Å². The lowest BCUT2D eigenvalue weighted by molar-refractivity contribution is 0.752. The molecule has 0 rings (SSSR count). The molecule has 0 aromatic rings. The normalized spacial score (nSPS) is 8.70. The Labute approximate surface area is 68.0 Å². The van der Waals surface area contributed by atoms with Gasteiger partial charge in [-0.25, -0.2) is 0 Å². The molecule has 0 amide bonds. The highest BCUT2D eigenvalue weighted by atomic mass is 14.0. The average molecular weight is 141 g/mol. The summed E-state index contributed by atoms with van der Waals surface area (Å²) in [6.07, 6.45) is 2.94. The number of allylic oxidation sites excluding steroid dienone is 1. The molecule has 0 atom stereocenters. The highest BCUT2D eigenvalue weighted by Gasteiger charge is 2.08. The third-order valence-electron chi connectivity index (χ3n) is 0.897. The summed E-state index contributed by atoms with van der Waals surface area (Å²) in [5.41, 5.74) is 0. The lowest BCUT2D eigenvalue weighted by Crippen LogP contribution is -2.05. The molecular formula is C9H22B. The molecular weight excluding hydrogens is 119 g/mol. The van der Waals surface area contributed by atoms with Crippen molar-refractivity contribution in [2.75, 3.05) is 0 Å². The third-order valence-corrected chi connectivity index (χ3v) is 0.897. The molecule has 61 valence electrons. The highest BCUT2D eigenvalue weighted by molar-refractivity contribution is 6.40. The van der Waals surface area contributed by atoms with Crippen molar-refractivity contribution in [1.29, 1.82) is 0 Å². The van der Waals surface area contributed by atoms with Crippen LogP contribution in [0.15, 0.2) is 12.7 Å². The maximum Gasteiger partial charge on any atom is 0.121 e. The molecule has 0 heterocycles. The van der Waals surface area contributed by atoms with Gasteiger partial charge in [-0.1, -0.05) is 53.3 Å². The van der Waals surface area contributed by atoms with E-state index in [4.69, 9.17) is 0 Å². The molecule has 0 saturated carbocycles. The Balaban J connectivity index is -0.000000245. The Morgan fingerprint density at radius 3 is 1.80 bits per heavy atom. The van der Waals surface area contributed by atoms with E-state index >= 15 is 0 Å². The summed E-state index contributed by atoms with van der Waals surface area (Å²) in [5, 5.41) is 0.355. The molecule has 0 unspecified atom stereocenters. The second-order valence-corrected chi connectivity index (χ2v) is 3.09. The molecule has 0 nitrogen and oxygen atoms in total. The van der Waals surface area contributed by atoms with E-state index in [1.54, 1.807) is 0 Å². The van der Waals surface area contributed by atoms with Gasteiger partial charge in [-0.3, -0.25) is 0 Å². The fourth-order valence-electron chi connectivity index (χ4n) is 0.437. The highest BCUT2D eigenvalue weighted by Crippen LogP contribution is 2.21. The molecule has 0 fully saturated rings. The van der Waals surface area contributed by atoms with E-state index < -0.39 is 0 Å². The van der Waals surface area contributed by atoms with Crippen LogP contribution in [0.1, 0.15) is 35.6 Å². The first kappa shape index (κ1) is 16.4. The summed E-state index contributed by atoms with van der Waals surface area (Å²) in [4.78, 5) is 0. The van der Waals surface area contributed by atoms with Gasteiger partial charge in [-0.2, -0.15) is 0 Å². The fraction of sp³-hybridized carbons (Fsp3) is 0.778. The van der Waals surface area contributed by atoms with Gasteiger partial charge in [0.2, 0.25) is 0 Å². The van der Waals surface area contributed by atoms with Crippen molar-refractivity contribution in [2.45, 2.75) is 47.3 Å². The summed E-state index contributed by atoms with van der Waals surface area (Å²) in [7, 11) is 2.25. The fourth-order valence-corrected chi connectivity index (χ4v) is 0.437. The van der Waals surface area contributed by atoms with Crippen molar-refractivity contribution in [3.8, 4) is 0 Å². The first-order valence-electron chi connectivity index (χ1n) is 3.01. The molecule has 0 bridgehead atoms. The van der Waals surface area contributed by atoms with Crippen molar-refractivity contribution in [1.82, 2.24) is 0 Å². The summed E-state index contributed by atoms with van der Waals surface area (Å²) in [6.45, 7) is 10.2. The van der Waals surface area contributed by atoms with Crippen LogP contribution in [-0.4, -0.2) is 7.28 Å². The molecule has 1 radical (unpaired) electrons. The zero-order chi connectivity index (χ0) is 6.62. The Bertz CT molecular complexity index is 69.3. The molecule has 0 N–H and O–H groups in total. The van der Waals surface area contributed by atoms with E-state index in [1.165, 1.54) is 0 Å². The van der Waals surface area contributed by atoms with Crippen molar-refractivity contribution in [3.05, 3.63) is 12.7 Å². The first-order chi connectivity index (χ1) is 3.56. The van der Waals surface area contributed by atoms with E-state index in [0.717, 1.165) is 6.32 Å². The molecule has 0 aromatic carbocycles. The van der Waals surface area contributed by atoms with Gasteiger partial charge in [0.25, 0.3) is 0 Å². The minimum Gasteiger partial charge on any atom is -0.104 e. The van der Waals surface area contributed by atoms with Crippen molar-refractivity contribution in [2.24, 2.45) is 0 Å². The van der Waals surface area contributed by atoms with Crippen LogP contribution in [0, 0.1) is 0 Å². The molecule has 10 heavy (non-hydrogen) atoms. The van der Waals surface area contributed by atoms with Crippen LogP contribution >= 0.6 is 0 Å².